The Kier molecular flexibility index (Phi) is 4.49. The van der Waals surface area contributed by atoms with E-state index in [2.05, 4.69) is 20.7 Å². The van der Waals surface area contributed by atoms with Gasteiger partial charge in [-0.2, -0.15) is 0 Å². The molecule has 0 amide bonds. The van der Waals surface area contributed by atoms with Crippen molar-refractivity contribution in [3.8, 4) is 0 Å². The van der Waals surface area contributed by atoms with Gasteiger partial charge in [0, 0.05) is 12.6 Å². The monoisotopic (exact) mass is 359 g/mol. The SMILES string of the molecule is O=S(=O)(NC1CCCOC1)c1cc(Cl)c(Br)s1. The van der Waals surface area contributed by atoms with Crippen molar-refractivity contribution in [1.29, 1.82) is 0 Å². The summed E-state index contributed by atoms with van der Waals surface area (Å²) >= 11 is 10.1. The van der Waals surface area contributed by atoms with Gasteiger partial charge in [-0.3, -0.25) is 0 Å². The second kappa shape index (κ2) is 5.54. The predicted octanol–water partition coefficient (Wildman–Crippen LogP) is 2.62. The van der Waals surface area contributed by atoms with Crippen LogP contribution in [0.5, 0.6) is 0 Å². The highest BCUT2D eigenvalue weighted by Crippen LogP contribution is 2.34. The van der Waals surface area contributed by atoms with Gasteiger partial charge < -0.3 is 4.74 Å². The summed E-state index contributed by atoms with van der Waals surface area (Å²) in [6.07, 6.45) is 1.68. The molecule has 0 bridgehead atoms. The Morgan fingerprint density at radius 3 is 2.88 bits per heavy atom. The fourth-order valence-corrected chi connectivity index (χ4v) is 5.24. The summed E-state index contributed by atoms with van der Waals surface area (Å²) in [5.74, 6) is 0. The molecule has 0 radical (unpaired) electrons. The van der Waals surface area contributed by atoms with Gasteiger partial charge in [0.25, 0.3) is 0 Å². The lowest BCUT2D eigenvalue weighted by atomic mass is 10.1. The topological polar surface area (TPSA) is 55.4 Å². The third kappa shape index (κ3) is 3.42. The molecule has 17 heavy (non-hydrogen) atoms. The number of hydrogen-bond donors (Lipinski definition) is 1. The van der Waals surface area contributed by atoms with Crippen molar-refractivity contribution in [3.05, 3.63) is 14.9 Å². The van der Waals surface area contributed by atoms with Gasteiger partial charge in [0.2, 0.25) is 10.0 Å². The van der Waals surface area contributed by atoms with E-state index >= 15 is 0 Å². The number of rotatable bonds is 3. The highest BCUT2D eigenvalue weighted by atomic mass is 79.9. The maximum absolute atomic E-state index is 12.0. The van der Waals surface area contributed by atoms with E-state index in [-0.39, 0.29) is 10.3 Å². The van der Waals surface area contributed by atoms with Gasteiger partial charge in [0.15, 0.2) is 0 Å². The van der Waals surface area contributed by atoms with Crippen molar-refractivity contribution < 1.29 is 13.2 Å². The molecule has 1 N–H and O–H groups in total. The molecule has 2 rings (SSSR count). The van der Waals surface area contributed by atoms with Crippen LogP contribution < -0.4 is 4.72 Å². The second-order valence-electron chi connectivity index (χ2n) is 3.72. The smallest absolute Gasteiger partial charge is 0.250 e. The molecule has 96 valence electrons. The Morgan fingerprint density at radius 2 is 2.35 bits per heavy atom. The van der Waals surface area contributed by atoms with Crippen LogP contribution in [-0.4, -0.2) is 27.7 Å². The first-order chi connectivity index (χ1) is 7.99. The zero-order chi connectivity index (χ0) is 12.5. The lowest BCUT2D eigenvalue weighted by Crippen LogP contribution is -2.40. The second-order valence-corrected chi connectivity index (χ2v) is 8.44. The predicted molar refractivity (Wildman–Crippen MR) is 71.2 cm³/mol. The van der Waals surface area contributed by atoms with E-state index in [0.29, 0.717) is 22.0 Å². The van der Waals surface area contributed by atoms with Crippen LogP contribution in [-0.2, 0) is 14.8 Å². The number of thiophene rings is 1. The van der Waals surface area contributed by atoms with Gasteiger partial charge in [-0.25, -0.2) is 13.1 Å². The minimum atomic E-state index is -3.49. The molecule has 2 heterocycles. The maximum atomic E-state index is 12.0. The van der Waals surface area contributed by atoms with Gasteiger partial charge in [-0.1, -0.05) is 11.6 Å². The number of halogens is 2. The first kappa shape index (κ1) is 13.8. The van der Waals surface area contributed by atoms with Crippen LogP contribution in [0.4, 0.5) is 0 Å². The average molecular weight is 361 g/mol. The fourth-order valence-electron chi connectivity index (χ4n) is 1.57. The van der Waals surface area contributed by atoms with Crippen LogP contribution in [0, 0.1) is 0 Å². The Bertz CT molecular complexity index is 477. The van der Waals surface area contributed by atoms with Gasteiger partial charge in [-0.05, 0) is 34.8 Å². The molecular weight excluding hydrogens is 350 g/mol. The quantitative estimate of drug-likeness (QED) is 0.901. The molecule has 0 saturated carbocycles. The van der Waals surface area contributed by atoms with Crippen LogP contribution in [0.2, 0.25) is 5.02 Å². The van der Waals surface area contributed by atoms with E-state index in [0.717, 1.165) is 24.2 Å². The van der Waals surface area contributed by atoms with E-state index in [9.17, 15) is 8.42 Å². The van der Waals surface area contributed by atoms with Crippen LogP contribution >= 0.6 is 38.9 Å². The summed E-state index contributed by atoms with van der Waals surface area (Å²) in [7, 11) is -3.49. The van der Waals surface area contributed by atoms with Crippen molar-refractivity contribution in [2.75, 3.05) is 13.2 Å². The van der Waals surface area contributed by atoms with Gasteiger partial charge in [0.05, 0.1) is 15.4 Å². The Balaban J connectivity index is 2.12. The molecule has 0 aliphatic carbocycles. The lowest BCUT2D eigenvalue weighted by Gasteiger charge is -2.22. The van der Waals surface area contributed by atoms with Crippen molar-refractivity contribution in [3.63, 3.8) is 0 Å². The summed E-state index contributed by atoms with van der Waals surface area (Å²) in [5, 5.41) is 0.412. The zero-order valence-corrected chi connectivity index (χ0v) is 12.8. The van der Waals surface area contributed by atoms with Crippen molar-refractivity contribution in [2.24, 2.45) is 0 Å². The lowest BCUT2D eigenvalue weighted by molar-refractivity contribution is 0.0774. The highest BCUT2D eigenvalue weighted by molar-refractivity contribution is 9.11. The largest absolute Gasteiger partial charge is 0.380 e. The molecule has 0 spiro atoms. The van der Waals surface area contributed by atoms with Gasteiger partial charge >= 0.3 is 0 Å². The molecule has 1 atom stereocenters. The standard InChI is InChI=1S/C9H11BrClNO3S2/c10-9-7(11)4-8(16-9)17(13,14)12-6-2-1-3-15-5-6/h4,6,12H,1-3,5H2. The van der Waals surface area contributed by atoms with E-state index in [4.69, 9.17) is 16.3 Å². The summed E-state index contributed by atoms with van der Waals surface area (Å²) in [6, 6.07) is 1.30. The molecule has 1 aromatic rings. The number of sulfonamides is 1. The minimum Gasteiger partial charge on any atom is -0.380 e. The molecule has 1 aliphatic heterocycles. The summed E-state index contributed by atoms with van der Waals surface area (Å²) in [6.45, 7) is 1.13. The summed E-state index contributed by atoms with van der Waals surface area (Å²) in [4.78, 5) is 0. The minimum absolute atomic E-state index is 0.145. The first-order valence-corrected chi connectivity index (χ1v) is 8.51. The van der Waals surface area contributed by atoms with Crippen molar-refractivity contribution >= 4 is 48.9 Å². The summed E-state index contributed by atoms with van der Waals surface area (Å²) < 4.78 is 32.8. The summed E-state index contributed by atoms with van der Waals surface area (Å²) in [5.41, 5.74) is 0. The van der Waals surface area contributed by atoms with Crippen LogP contribution in [0.15, 0.2) is 14.1 Å². The van der Waals surface area contributed by atoms with Crippen LogP contribution in [0.25, 0.3) is 0 Å². The van der Waals surface area contributed by atoms with E-state index in [1.165, 1.54) is 6.07 Å². The van der Waals surface area contributed by atoms with E-state index in [1.54, 1.807) is 0 Å². The Hall–Kier alpha value is 0.340. The normalized spacial score (nSPS) is 21.6. The molecule has 1 saturated heterocycles. The Labute approximate surface area is 117 Å². The number of nitrogens with one attached hydrogen (secondary N) is 1. The average Bonchev–Trinajstić information content (AvgIpc) is 2.61. The molecule has 1 aromatic heterocycles. The fraction of sp³-hybridized carbons (Fsp3) is 0.556. The molecule has 4 nitrogen and oxygen atoms in total. The Morgan fingerprint density at radius 1 is 1.59 bits per heavy atom. The van der Waals surface area contributed by atoms with Crippen molar-refractivity contribution in [2.45, 2.75) is 23.1 Å². The zero-order valence-electron chi connectivity index (χ0n) is 8.78. The highest BCUT2D eigenvalue weighted by Gasteiger charge is 2.24. The van der Waals surface area contributed by atoms with Gasteiger partial charge in [0.1, 0.15) is 4.21 Å². The van der Waals surface area contributed by atoms with Crippen LogP contribution in [0.3, 0.4) is 0 Å². The third-order valence-corrected chi connectivity index (χ3v) is 6.84. The molecular formula is C9H11BrClNO3S2. The van der Waals surface area contributed by atoms with Gasteiger partial charge in [-0.15, -0.1) is 11.3 Å². The maximum Gasteiger partial charge on any atom is 0.250 e. The van der Waals surface area contributed by atoms with Crippen LogP contribution in [0.1, 0.15) is 12.8 Å². The van der Waals surface area contributed by atoms with Crippen molar-refractivity contribution in [1.82, 2.24) is 4.72 Å². The number of hydrogen-bond acceptors (Lipinski definition) is 4. The molecule has 1 fully saturated rings. The molecule has 0 aromatic carbocycles. The van der Waals surface area contributed by atoms with E-state index in [1.807, 2.05) is 0 Å². The number of ether oxygens (including phenoxy) is 1. The third-order valence-electron chi connectivity index (χ3n) is 2.37. The van der Waals surface area contributed by atoms with E-state index < -0.39 is 10.0 Å². The molecule has 8 heteroatoms. The molecule has 1 unspecified atom stereocenters. The first-order valence-electron chi connectivity index (χ1n) is 5.04. The molecule has 1 aliphatic rings.